The number of para-hydroxylation sites is 2. The van der Waals surface area contributed by atoms with Gasteiger partial charge in [-0.15, -0.1) is 11.3 Å². The minimum Gasteiger partial charge on any atom is -0.495 e. The van der Waals surface area contributed by atoms with E-state index in [-0.39, 0.29) is 0 Å². The van der Waals surface area contributed by atoms with Crippen molar-refractivity contribution in [1.29, 1.82) is 0 Å². The zero-order valence-corrected chi connectivity index (χ0v) is 18.7. The number of aromatic nitrogens is 2. The average Bonchev–Trinajstić information content (AvgIpc) is 3.31. The Bertz CT molecular complexity index is 1460. The van der Waals surface area contributed by atoms with Crippen LogP contribution >= 0.6 is 11.3 Å². The lowest BCUT2D eigenvalue weighted by Crippen LogP contribution is -2.34. The van der Waals surface area contributed by atoms with Crippen LogP contribution in [-0.4, -0.2) is 17.1 Å². The van der Waals surface area contributed by atoms with Gasteiger partial charge in [0.05, 0.1) is 29.7 Å². The van der Waals surface area contributed by atoms with Crippen LogP contribution < -0.4 is 26.3 Å². The van der Waals surface area contributed by atoms with Gasteiger partial charge in [-0.05, 0) is 36.8 Å². The number of hydrogen-bond acceptors (Lipinski definition) is 8. The molecule has 0 fully saturated rings. The van der Waals surface area contributed by atoms with Crippen LogP contribution in [0.25, 0.3) is 23.1 Å². The SMILES string of the molecule is COc1ccccc1Nc1nc(-c2cc3c(oc2=O)=C(OCc2ccccn2)CCC=3)cs1. The Morgan fingerprint density at radius 1 is 1.18 bits per heavy atom. The highest BCUT2D eigenvalue weighted by Crippen LogP contribution is 2.30. The Kier molecular flexibility index (Phi) is 5.91. The maximum absolute atomic E-state index is 12.8. The van der Waals surface area contributed by atoms with E-state index in [4.69, 9.17) is 13.9 Å². The largest absolute Gasteiger partial charge is 0.495 e. The van der Waals surface area contributed by atoms with E-state index in [2.05, 4.69) is 21.4 Å². The van der Waals surface area contributed by atoms with Gasteiger partial charge in [0.15, 0.2) is 10.5 Å². The van der Waals surface area contributed by atoms with Gasteiger partial charge in [0.1, 0.15) is 18.1 Å². The summed E-state index contributed by atoms with van der Waals surface area (Å²) < 4.78 is 17.0. The van der Waals surface area contributed by atoms with Gasteiger partial charge in [0, 0.05) is 23.2 Å². The highest BCUT2D eigenvalue weighted by Gasteiger charge is 2.15. The molecule has 1 aliphatic rings. The topological polar surface area (TPSA) is 86.5 Å². The van der Waals surface area contributed by atoms with Crippen molar-refractivity contribution in [2.75, 3.05) is 12.4 Å². The van der Waals surface area contributed by atoms with Crippen molar-refractivity contribution in [3.63, 3.8) is 0 Å². The lowest BCUT2D eigenvalue weighted by Gasteiger charge is -2.12. The molecular formula is C25H21N3O4S. The minimum absolute atomic E-state index is 0.325. The fourth-order valence-electron chi connectivity index (χ4n) is 3.61. The Hall–Kier alpha value is -3.91. The molecule has 0 aliphatic heterocycles. The molecule has 1 N–H and O–H groups in total. The molecule has 5 rings (SSSR count). The average molecular weight is 460 g/mol. The van der Waals surface area contributed by atoms with Crippen LogP contribution in [0.2, 0.25) is 0 Å². The molecule has 0 radical (unpaired) electrons. The number of rotatable bonds is 7. The number of pyridine rings is 1. The predicted octanol–water partition coefficient (Wildman–Crippen LogP) is 3.81. The van der Waals surface area contributed by atoms with E-state index in [0.29, 0.717) is 46.3 Å². The summed E-state index contributed by atoms with van der Waals surface area (Å²) in [6.07, 6.45) is 5.25. The molecule has 3 aromatic heterocycles. The first kappa shape index (κ1) is 21.0. The molecule has 0 atom stereocenters. The maximum Gasteiger partial charge on any atom is 0.345 e. The van der Waals surface area contributed by atoms with E-state index in [1.807, 2.05) is 53.9 Å². The zero-order chi connectivity index (χ0) is 22.6. The van der Waals surface area contributed by atoms with Gasteiger partial charge in [-0.1, -0.05) is 24.3 Å². The number of fused-ring (bicyclic) bond motifs is 1. The first-order valence-corrected chi connectivity index (χ1v) is 11.4. The predicted molar refractivity (Wildman–Crippen MR) is 128 cm³/mol. The van der Waals surface area contributed by atoms with Crippen molar-refractivity contribution in [1.82, 2.24) is 9.97 Å². The summed E-state index contributed by atoms with van der Waals surface area (Å²) in [5, 5.41) is 6.57. The summed E-state index contributed by atoms with van der Waals surface area (Å²) in [5.74, 6) is 1.38. The number of methoxy groups -OCH3 is 1. The third kappa shape index (κ3) is 4.51. The lowest BCUT2D eigenvalue weighted by molar-refractivity contribution is 0.235. The molecule has 166 valence electrons. The number of anilines is 2. The summed E-state index contributed by atoms with van der Waals surface area (Å²) in [7, 11) is 1.62. The van der Waals surface area contributed by atoms with Crippen LogP contribution in [0.5, 0.6) is 5.75 Å². The van der Waals surface area contributed by atoms with Crippen LogP contribution in [0.3, 0.4) is 0 Å². The van der Waals surface area contributed by atoms with Gasteiger partial charge in [0.25, 0.3) is 0 Å². The molecule has 7 nitrogen and oxygen atoms in total. The molecule has 0 amide bonds. The van der Waals surface area contributed by atoms with Gasteiger partial charge in [-0.25, -0.2) is 9.78 Å². The summed E-state index contributed by atoms with van der Waals surface area (Å²) in [6, 6.07) is 15.1. The first-order chi connectivity index (χ1) is 16.2. The van der Waals surface area contributed by atoms with E-state index in [9.17, 15) is 4.79 Å². The van der Waals surface area contributed by atoms with E-state index < -0.39 is 5.63 Å². The highest BCUT2D eigenvalue weighted by molar-refractivity contribution is 7.14. The standard InChI is InChI=1S/C25H21N3O4S/c1-30-21-10-3-2-9-19(21)27-25-28-20(15-33-25)18-13-16-7-6-11-22(23(16)32-24(18)29)31-14-17-8-4-5-12-26-17/h2-5,7-10,12-13,15H,6,11,14H2,1H3,(H,27,28). The number of hydrogen-bond donors (Lipinski definition) is 1. The van der Waals surface area contributed by atoms with Crippen LogP contribution in [0, 0.1) is 0 Å². The summed E-state index contributed by atoms with van der Waals surface area (Å²) >= 11 is 1.41. The fraction of sp³-hybridized carbons (Fsp3) is 0.160. The van der Waals surface area contributed by atoms with Crippen LogP contribution in [-0.2, 0) is 11.3 Å². The summed E-state index contributed by atoms with van der Waals surface area (Å²) in [6.45, 7) is 0.325. The number of nitrogens with one attached hydrogen (secondary N) is 1. The maximum atomic E-state index is 12.8. The molecule has 3 heterocycles. The first-order valence-electron chi connectivity index (χ1n) is 10.5. The smallest absolute Gasteiger partial charge is 0.345 e. The quantitative estimate of drug-likeness (QED) is 0.450. The van der Waals surface area contributed by atoms with Crippen molar-refractivity contribution in [3.8, 4) is 17.0 Å². The molecular weight excluding hydrogens is 438 g/mol. The lowest BCUT2D eigenvalue weighted by atomic mass is 10.1. The minimum atomic E-state index is -0.447. The van der Waals surface area contributed by atoms with Crippen LogP contribution in [0.1, 0.15) is 18.5 Å². The van der Waals surface area contributed by atoms with Crippen molar-refractivity contribution in [2.24, 2.45) is 0 Å². The molecule has 1 aliphatic carbocycles. The molecule has 0 saturated carbocycles. The van der Waals surface area contributed by atoms with Crippen molar-refractivity contribution >= 4 is 34.0 Å². The van der Waals surface area contributed by atoms with Gasteiger partial charge >= 0.3 is 5.63 Å². The monoisotopic (exact) mass is 459 g/mol. The van der Waals surface area contributed by atoms with Gasteiger partial charge < -0.3 is 19.2 Å². The Morgan fingerprint density at radius 3 is 2.91 bits per heavy atom. The van der Waals surface area contributed by atoms with Gasteiger partial charge in [0.2, 0.25) is 0 Å². The van der Waals surface area contributed by atoms with Crippen molar-refractivity contribution < 1.29 is 13.9 Å². The second-order valence-electron chi connectivity index (χ2n) is 7.37. The molecule has 33 heavy (non-hydrogen) atoms. The molecule has 0 saturated heterocycles. The third-order valence-corrected chi connectivity index (χ3v) is 5.97. The number of benzene rings is 1. The fourth-order valence-corrected chi connectivity index (χ4v) is 4.33. The molecule has 4 aromatic rings. The van der Waals surface area contributed by atoms with Gasteiger partial charge in [-0.2, -0.15) is 0 Å². The van der Waals surface area contributed by atoms with Gasteiger partial charge in [-0.3, -0.25) is 4.98 Å². The van der Waals surface area contributed by atoms with E-state index >= 15 is 0 Å². The van der Waals surface area contributed by atoms with Crippen LogP contribution in [0.4, 0.5) is 10.8 Å². The normalized spacial score (nSPS) is 12.6. The van der Waals surface area contributed by atoms with Crippen molar-refractivity contribution in [2.45, 2.75) is 19.4 Å². The van der Waals surface area contributed by atoms with Crippen LogP contribution in [0.15, 0.2) is 69.3 Å². The Morgan fingerprint density at radius 2 is 2.06 bits per heavy atom. The molecule has 0 unspecified atom stereocenters. The summed E-state index contributed by atoms with van der Waals surface area (Å²) in [5.41, 5.74) is 2.63. The summed E-state index contributed by atoms with van der Waals surface area (Å²) in [4.78, 5) is 21.7. The second kappa shape index (κ2) is 9.30. The number of ether oxygens (including phenoxy) is 2. The Balaban J connectivity index is 1.44. The zero-order valence-electron chi connectivity index (χ0n) is 17.9. The van der Waals surface area contributed by atoms with E-state index in [1.165, 1.54) is 11.3 Å². The number of nitrogens with zero attached hydrogens (tertiary/aromatic N) is 2. The number of thiazole rings is 1. The molecule has 8 heteroatoms. The van der Waals surface area contributed by atoms with E-state index in [1.54, 1.807) is 13.3 Å². The van der Waals surface area contributed by atoms with E-state index in [0.717, 1.165) is 23.0 Å². The Labute approximate surface area is 193 Å². The van der Waals surface area contributed by atoms with Crippen molar-refractivity contribution in [3.05, 3.63) is 86.9 Å². The second-order valence-corrected chi connectivity index (χ2v) is 8.23. The molecule has 0 spiro atoms. The molecule has 1 aromatic carbocycles. The highest BCUT2D eigenvalue weighted by atomic mass is 32.1. The third-order valence-electron chi connectivity index (χ3n) is 5.21. The molecule has 0 bridgehead atoms.